The molecule has 1 aliphatic carbocycles. The summed E-state index contributed by atoms with van der Waals surface area (Å²) in [5, 5.41) is 3.26. The molecule has 0 radical (unpaired) electrons. The molecule has 2 aromatic rings. The first-order valence-electron chi connectivity index (χ1n) is 12.1. The molecule has 3 rings (SSSR count). The van der Waals surface area contributed by atoms with Crippen molar-refractivity contribution < 1.29 is 9.59 Å². The summed E-state index contributed by atoms with van der Waals surface area (Å²) in [6.07, 6.45) is 6.57. The summed E-state index contributed by atoms with van der Waals surface area (Å²) in [5.74, 6) is -0.00473. The SMILES string of the molecule is CC[C@@H](C(=O)NC1CCCCC1)N(Cc1ccccc1C)C(=O)Cc1cc(C)ccc1C. The third kappa shape index (κ3) is 6.21. The Bertz CT molecular complexity index is 931. The topological polar surface area (TPSA) is 49.4 Å². The van der Waals surface area contributed by atoms with Gasteiger partial charge in [0.15, 0.2) is 0 Å². The van der Waals surface area contributed by atoms with Crippen molar-refractivity contribution in [1.29, 1.82) is 0 Å². The quantitative estimate of drug-likeness (QED) is 0.604. The Hall–Kier alpha value is -2.62. The van der Waals surface area contributed by atoms with Crippen molar-refractivity contribution in [2.45, 2.75) is 91.3 Å². The molecule has 0 spiro atoms. The molecule has 1 atom stereocenters. The highest BCUT2D eigenvalue weighted by atomic mass is 16.2. The number of amides is 2. The molecule has 4 nitrogen and oxygen atoms in total. The smallest absolute Gasteiger partial charge is 0.243 e. The minimum atomic E-state index is -0.464. The van der Waals surface area contributed by atoms with Crippen LogP contribution in [0.1, 0.15) is 73.3 Å². The van der Waals surface area contributed by atoms with Crippen molar-refractivity contribution in [2.75, 3.05) is 0 Å². The van der Waals surface area contributed by atoms with E-state index in [2.05, 4.69) is 42.6 Å². The van der Waals surface area contributed by atoms with E-state index in [0.717, 1.165) is 40.7 Å². The average Bonchev–Trinajstić information content (AvgIpc) is 2.78. The van der Waals surface area contributed by atoms with Gasteiger partial charge in [0, 0.05) is 12.6 Å². The summed E-state index contributed by atoms with van der Waals surface area (Å²) in [7, 11) is 0. The molecule has 32 heavy (non-hydrogen) atoms. The lowest BCUT2D eigenvalue weighted by molar-refractivity contribution is -0.141. The van der Waals surface area contributed by atoms with E-state index in [-0.39, 0.29) is 17.9 Å². The van der Waals surface area contributed by atoms with Gasteiger partial charge in [-0.3, -0.25) is 9.59 Å². The van der Waals surface area contributed by atoms with E-state index < -0.39 is 6.04 Å². The number of aryl methyl sites for hydroxylation is 3. The fraction of sp³-hybridized carbons (Fsp3) is 0.500. The first kappa shape index (κ1) is 24.0. The van der Waals surface area contributed by atoms with Gasteiger partial charge in [0.1, 0.15) is 6.04 Å². The predicted molar refractivity (Wildman–Crippen MR) is 130 cm³/mol. The number of rotatable bonds is 8. The molecule has 2 aromatic carbocycles. The predicted octanol–water partition coefficient (Wildman–Crippen LogP) is 5.41. The average molecular weight is 435 g/mol. The Morgan fingerprint density at radius 2 is 1.66 bits per heavy atom. The Balaban J connectivity index is 1.85. The second kappa shape index (κ2) is 11.3. The van der Waals surface area contributed by atoms with Crippen LogP contribution in [-0.2, 0) is 22.6 Å². The van der Waals surface area contributed by atoms with Crippen LogP contribution in [0.25, 0.3) is 0 Å². The minimum absolute atomic E-state index is 0.00703. The van der Waals surface area contributed by atoms with Gasteiger partial charge in [-0.1, -0.05) is 74.2 Å². The molecule has 2 amide bonds. The highest BCUT2D eigenvalue weighted by molar-refractivity contribution is 5.88. The Morgan fingerprint density at radius 3 is 2.34 bits per heavy atom. The van der Waals surface area contributed by atoms with Crippen molar-refractivity contribution in [1.82, 2.24) is 10.2 Å². The van der Waals surface area contributed by atoms with Crippen LogP contribution in [-0.4, -0.2) is 28.8 Å². The van der Waals surface area contributed by atoms with Crippen LogP contribution in [0.15, 0.2) is 42.5 Å². The van der Waals surface area contributed by atoms with Crippen LogP contribution >= 0.6 is 0 Å². The van der Waals surface area contributed by atoms with E-state index in [1.807, 2.05) is 37.8 Å². The maximum absolute atomic E-state index is 13.6. The normalized spacial score (nSPS) is 15.2. The lowest BCUT2D eigenvalue weighted by Gasteiger charge is -2.33. The van der Waals surface area contributed by atoms with Crippen molar-refractivity contribution in [3.05, 3.63) is 70.3 Å². The maximum Gasteiger partial charge on any atom is 0.243 e. The number of nitrogens with zero attached hydrogens (tertiary/aromatic N) is 1. The summed E-state index contributed by atoms with van der Waals surface area (Å²) >= 11 is 0. The largest absolute Gasteiger partial charge is 0.352 e. The van der Waals surface area contributed by atoms with Crippen LogP contribution < -0.4 is 5.32 Å². The van der Waals surface area contributed by atoms with Crippen LogP contribution in [0, 0.1) is 20.8 Å². The molecule has 0 unspecified atom stereocenters. The standard InChI is InChI=1S/C28H38N2O2/c1-5-26(28(32)29-25-13-7-6-8-14-25)30(19-23-12-10-9-11-21(23)3)27(31)18-24-17-20(2)15-16-22(24)4/h9-12,15-17,25-26H,5-8,13-14,18-19H2,1-4H3,(H,29,32)/t26-/m0/s1. The van der Waals surface area contributed by atoms with E-state index >= 15 is 0 Å². The summed E-state index contributed by atoms with van der Waals surface area (Å²) in [6.45, 7) is 8.60. The summed E-state index contributed by atoms with van der Waals surface area (Å²) in [6, 6.07) is 14.1. The van der Waals surface area contributed by atoms with Crippen LogP contribution in [0.2, 0.25) is 0 Å². The van der Waals surface area contributed by atoms with Gasteiger partial charge in [-0.15, -0.1) is 0 Å². The third-order valence-electron chi connectivity index (χ3n) is 6.79. The second-order valence-corrected chi connectivity index (χ2v) is 9.32. The first-order chi connectivity index (χ1) is 15.4. The monoisotopic (exact) mass is 434 g/mol. The van der Waals surface area contributed by atoms with Gasteiger partial charge in [0.05, 0.1) is 6.42 Å². The van der Waals surface area contributed by atoms with E-state index in [1.54, 1.807) is 0 Å². The number of nitrogens with one attached hydrogen (secondary N) is 1. The molecule has 0 saturated heterocycles. The number of benzene rings is 2. The van der Waals surface area contributed by atoms with Gasteiger partial charge in [0.25, 0.3) is 0 Å². The molecule has 4 heteroatoms. The highest BCUT2D eigenvalue weighted by Crippen LogP contribution is 2.21. The maximum atomic E-state index is 13.6. The van der Waals surface area contributed by atoms with Crippen molar-refractivity contribution in [3.63, 3.8) is 0 Å². The molecule has 172 valence electrons. The number of carbonyl (C=O) groups excluding carboxylic acids is 2. The van der Waals surface area contributed by atoms with Crippen LogP contribution in [0.4, 0.5) is 0 Å². The van der Waals surface area contributed by atoms with E-state index in [9.17, 15) is 9.59 Å². The van der Waals surface area contributed by atoms with Gasteiger partial charge in [-0.25, -0.2) is 0 Å². The van der Waals surface area contributed by atoms with Crippen molar-refractivity contribution in [3.8, 4) is 0 Å². The first-order valence-corrected chi connectivity index (χ1v) is 12.1. The molecular weight excluding hydrogens is 396 g/mol. The molecule has 1 saturated carbocycles. The molecule has 1 aliphatic rings. The lowest BCUT2D eigenvalue weighted by Crippen LogP contribution is -2.52. The van der Waals surface area contributed by atoms with E-state index in [4.69, 9.17) is 0 Å². The number of carbonyl (C=O) groups is 2. The van der Waals surface area contributed by atoms with Gasteiger partial charge in [0.2, 0.25) is 11.8 Å². The molecular formula is C28H38N2O2. The lowest BCUT2D eigenvalue weighted by atomic mass is 9.95. The van der Waals surface area contributed by atoms with E-state index in [1.165, 1.54) is 19.3 Å². The Labute approximate surface area is 193 Å². The molecule has 0 aromatic heterocycles. The number of hydrogen-bond acceptors (Lipinski definition) is 2. The molecule has 0 aliphatic heterocycles. The fourth-order valence-electron chi connectivity index (χ4n) is 4.69. The summed E-state index contributed by atoms with van der Waals surface area (Å²) < 4.78 is 0. The zero-order chi connectivity index (χ0) is 23.1. The molecule has 1 fully saturated rings. The summed E-state index contributed by atoms with van der Waals surface area (Å²) in [5.41, 5.74) is 5.52. The van der Waals surface area contributed by atoms with Crippen LogP contribution in [0.3, 0.4) is 0 Å². The van der Waals surface area contributed by atoms with Gasteiger partial charge in [-0.2, -0.15) is 0 Å². The number of hydrogen-bond donors (Lipinski definition) is 1. The molecule has 0 heterocycles. The molecule has 0 bridgehead atoms. The van der Waals surface area contributed by atoms with Crippen molar-refractivity contribution in [2.24, 2.45) is 0 Å². The Kier molecular flexibility index (Phi) is 8.49. The highest BCUT2D eigenvalue weighted by Gasteiger charge is 2.30. The molecule has 1 N–H and O–H groups in total. The Morgan fingerprint density at radius 1 is 0.969 bits per heavy atom. The van der Waals surface area contributed by atoms with Crippen LogP contribution in [0.5, 0.6) is 0 Å². The zero-order valence-corrected chi connectivity index (χ0v) is 20.1. The zero-order valence-electron chi connectivity index (χ0n) is 20.1. The summed E-state index contributed by atoms with van der Waals surface area (Å²) in [4.78, 5) is 28.8. The van der Waals surface area contributed by atoms with Gasteiger partial charge >= 0.3 is 0 Å². The van der Waals surface area contributed by atoms with Gasteiger partial charge in [-0.05, 0) is 62.3 Å². The second-order valence-electron chi connectivity index (χ2n) is 9.32. The minimum Gasteiger partial charge on any atom is -0.352 e. The van der Waals surface area contributed by atoms with Gasteiger partial charge < -0.3 is 10.2 Å². The fourth-order valence-corrected chi connectivity index (χ4v) is 4.69. The van der Waals surface area contributed by atoms with Crippen molar-refractivity contribution >= 4 is 11.8 Å². The third-order valence-corrected chi connectivity index (χ3v) is 6.79. The van der Waals surface area contributed by atoms with E-state index in [0.29, 0.717) is 19.4 Å².